The topological polar surface area (TPSA) is 30.7 Å². The summed E-state index contributed by atoms with van der Waals surface area (Å²) in [6, 6.07) is 0.672. The molecule has 0 amide bonds. The number of halogens is 1. The average molecular weight is 320 g/mol. The fraction of sp³-hybridized carbons (Fsp3) is 0.600. The van der Waals surface area contributed by atoms with Gasteiger partial charge in [0.15, 0.2) is 5.65 Å². The van der Waals surface area contributed by atoms with E-state index in [1.165, 1.54) is 31.2 Å². The lowest BCUT2D eigenvalue weighted by Gasteiger charge is -2.18. The van der Waals surface area contributed by atoms with Gasteiger partial charge in [-0.3, -0.25) is 0 Å². The van der Waals surface area contributed by atoms with Crippen molar-refractivity contribution in [1.29, 1.82) is 0 Å². The quantitative estimate of drug-likeness (QED) is 0.850. The summed E-state index contributed by atoms with van der Waals surface area (Å²) >= 11 is 3.50. The highest BCUT2D eigenvalue weighted by molar-refractivity contribution is 9.10. The number of nitrogens with zero attached hydrogens (tertiary/aromatic N) is 3. The first-order valence-electron chi connectivity index (χ1n) is 7.16. The molecule has 3 nitrogen and oxygen atoms in total. The molecule has 0 atom stereocenters. The Morgan fingerprint density at radius 3 is 2.37 bits per heavy atom. The van der Waals surface area contributed by atoms with Crippen LogP contribution in [0.25, 0.3) is 11.2 Å². The normalized spacial score (nSPS) is 19.6. The number of hydrogen-bond acceptors (Lipinski definition) is 2. The van der Waals surface area contributed by atoms with Gasteiger partial charge in [0.2, 0.25) is 0 Å². The molecule has 0 N–H and O–H groups in total. The monoisotopic (exact) mass is 319 g/mol. The van der Waals surface area contributed by atoms with Gasteiger partial charge in [-0.05, 0) is 72.9 Å². The predicted molar refractivity (Wildman–Crippen MR) is 79.2 cm³/mol. The van der Waals surface area contributed by atoms with E-state index in [4.69, 9.17) is 4.98 Å². The number of aryl methyl sites for hydroxylation is 2. The van der Waals surface area contributed by atoms with Crippen LogP contribution in [0.15, 0.2) is 10.8 Å². The molecule has 2 aromatic rings. The van der Waals surface area contributed by atoms with Crippen molar-refractivity contribution >= 4 is 27.1 Å². The highest BCUT2D eigenvalue weighted by Crippen LogP contribution is 2.52. The molecule has 19 heavy (non-hydrogen) atoms. The molecule has 0 radical (unpaired) electrons. The molecule has 2 aliphatic carbocycles. The molecule has 2 aromatic heterocycles. The highest BCUT2D eigenvalue weighted by atomic mass is 79.9. The van der Waals surface area contributed by atoms with Crippen LogP contribution in [-0.2, 0) is 0 Å². The summed E-state index contributed by atoms with van der Waals surface area (Å²) in [6.07, 6.45) is 7.84. The SMILES string of the molecule is Cc1nc2c(nc1Br)c(C)cn2C(C1CC1)C1CC1. The van der Waals surface area contributed by atoms with Gasteiger partial charge in [-0.1, -0.05) is 0 Å². The van der Waals surface area contributed by atoms with Gasteiger partial charge >= 0.3 is 0 Å². The van der Waals surface area contributed by atoms with Gasteiger partial charge in [-0.2, -0.15) is 0 Å². The molecule has 2 saturated carbocycles. The molecule has 2 heterocycles. The summed E-state index contributed by atoms with van der Waals surface area (Å²) < 4.78 is 3.31. The summed E-state index contributed by atoms with van der Waals surface area (Å²) in [6.45, 7) is 4.17. The number of rotatable bonds is 3. The molecule has 0 aromatic carbocycles. The van der Waals surface area contributed by atoms with Crippen molar-refractivity contribution in [2.45, 2.75) is 45.6 Å². The fourth-order valence-corrected chi connectivity index (χ4v) is 3.47. The first-order chi connectivity index (χ1) is 9.15. The van der Waals surface area contributed by atoms with Crippen molar-refractivity contribution in [2.75, 3.05) is 0 Å². The fourth-order valence-electron chi connectivity index (χ4n) is 3.20. The van der Waals surface area contributed by atoms with Crippen LogP contribution >= 0.6 is 15.9 Å². The Bertz CT molecular complexity index is 641. The van der Waals surface area contributed by atoms with Crippen molar-refractivity contribution in [3.8, 4) is 0 Å². The minimum Gasteiger partial charge on any atom is -0.327 e. The van der Waals surface area contributed by atoms with Gasteiger partial charge in [0.05, 0.1) is 5.69 Å². The maximum absolute atomic E-state index is 4.79. The first kappa shape index (κ1) is 11.9. The summed E-state index contributed by atoms with van der Waals surface area (Å²) in [5, 5.41) is 0. The Morgan fingerprint density at radius 2 is 1.79 bits per heavy atom. The number of aromatic nitrogens is 3. The Hall–Kier alpha value is -0.900. The molecule has 2 fully saturated rings. The van der Waals surface area contributed by atoms with E-state index in [0.717, 1.165) is 33.3 Å². The molecule has 2 aliphatic rings. The molecule has 0 bridgehead atoms. The van der Waals surface area contributed by atoms with E-state index >= 15 is 0 Å². The second-order valence-corrected chi connectivity index (χ2v) is 6.91. The van der Waals surface area contributed by atoms with E-state index in [-0.39, 0.29) is 0 Å². The summed E-state index contributed by atoms with van der Waals surface area (Å²) in [5.41, 5.74) is 4.37. The second-order valence-electron chi connectivity index (χ2n) is 6.16. The van der Waals surface area contributed by atoms with Crippen molar-refractivity contribution in [1.82, 2.24) is 14.5 Å². The van der Waals surface area contributed by atoms with Crippen LogP contribution in [0.2, 0.25) is 0 Å². The van der Waals surface area contributed by atoms with E-state index in [1.807, 2.05) is 6.92 Å². The van der Waals surface area contributed by atoms with Gasteiger partial charge in [-0.25, -0.2) is 9.97 Å². The molecule has 4 heteroatoms. The molecule has 100 valence electrons. The molecule has 0 saturated heterocycles. The Balaban J connectivity index is 1.91. The van der Waals surface area contributed by atoms with Crippen LogP contribution in [0.5, 0.6) is 0 Å². The molecular formula is C15H18BrN3. The maximum Gasteiger partial charge on any atom is 0.159 e. The summed E-state index contributed by atoms with van der Waals surface area (Å²) in [4.78, 5) is 9.46. The Labute approximate surface area is 121 Å². The standard InChI is InChI=1S/C15H18BrN3/c1-8-7-19(13(10-3-4-10)11-5-6-11)15-12(8)18-14(16)9(2)17-15/h7,10-11,13H,3-6H2,1-2H3. The van der Waals surface area contributed by atoms with Gasteiger partial charge < -0.3 is 4.57 Å². The Morgan fingerprint density at radius 1 is 1.16 bits per heavy atom. The van der Waals surface area contributed by atoms with Crippen molar-refractivity contribution in [2.24, 2.45) is 11.8 Å². The zero-order valence-corrected chi connectivity index (χ0v) is 12.9. The van der Waals surface area contributed by atoms with Gasteiger partial charge in [-0.15, -0.1) is 0 Å². The van der Waals surface area contributed by atoms with Crippen molar-refractivity contribution in [3.63, 3.8) is 0 Å². The lowest BCUT2D eigenvalue weighted by atomic mass is 10.1. The largest absolute Gasteiger partial charge is 0.327 e. The van der Waals surface area contributed by atoms with Crippen molar-refractivity contribution < 1.29 is 0 Å². The molecule has 0 unspecified atom stereocenters. The lowest BCUT2D eigenvalue weighted by Crippen LogP contribution is -2.13. The smallest absolute Gasteiger partial charge is 0.159 e. The van der Waals surface area contributed by atoms with Crippen LogP contribution in [0.1, 0.15) is 43.0 Å². The van der Waals surface area contributed by atoms with E-state index in [9.17, 15) is 0 Å². The predicted octanol–water partition coefficient (Wildman–Crippen LogP) is 4.17. The van der Waals surface area contributed by atoms with Crippen LogP contribution in [0.3, 0.4) is 0 Å². The van der Waals surface area contributed by atoms with E-state index < -0.39 is 0 Å². The maximum atomic E-state index is 4.79. The zero-order chi connectivity index (χ0) is 13.1. The van der Waals surface area contributed by atoms with E-state index in [1.54, 1.807) is 0 Å². The third-order valence-corrected chi connectivity index (χ3v) is 5.23. The first-order valence-corrected chi connectivity index (χ1v) is 7.95. The molecule has 4 rings (SSSR count). The van der Waals surface area contributed by atoms with Crippen LogP contribution < -0.4 is 0 Å². The molecule has 0 spiro atoms. The zero-order valence-electron chi connectivity index (χ0n) is 11.4. The second kappa shape index (κ2) is 4.05. The van der Waals surface area contributed by atoms with Gasteiger partial charge in [0.25, 0.3) is 0 Å². The minimum absolute atomic E-state index is 0.672. The Kier molecular flexibility index (Phi) is 2.53. The third-order valence-electron chi connectivity index (χ3n) is 4.48. The minimum atomic E-state index is 0.672. The number of hydrogen-bond donors (Lipinski definition) is 0. The summed E-state index contributed by atoms with van der Waals surface area (Å²) in [5.74, 6) is 1.77. The van der Waals surface area contributed by atoms with Crippen LogP contribution in [0.4, 0.5) is 0 Å². The van der Waals surface area contributed by atoms with Crippen molar-refractivity contribution in [3.05, 3.63) is 22.1 Å². The number of fused-ring (bicyclic) bond motifs is 1. The van der Waals surface area contributed by atoms with Crippen LogP contribution in [-0.4, -0.2) is 14.5 Å². The molecule has 0 aliphatic heterocycles. The van der Waals surface area contributed by atoms with Crippen LogP contribution in [0, 0.1) is 25.7 Å². The molecular weight excluding hydrogens is 302 g/mol. The third kappa shape index (κ3) is 1.92. The van der Waals surface area contributed by atoms with Gasteiger partial charge in [0, 0.05) is 12.2 Å². The highest BCUT2D eigenvalue weighted by Gasteiger charge is 2.43. The van der Waals surface area contributed by atoms with E-state index in [2.05, 4.69) is 38.6 Å². The lowest BCUT2D eigenvalue weighted by molar-refractivity contribution is 0.403. The summed E-state index contributed by atoms with van der Waals surface area (Å²) in [7, 11) is 0. The van der Waals surface area contributed by atoms with Gasteiger partial charge in [0.1, 0.15) is 10.1 Å². The van der Waals surface area contributed by atoms with E-state index in [0.29, 0.717) is 6.04 Å². The average Bonchev–Trinajstić information content (AvgIpc) is 3.24.